The summed E-state index contributed by atoms with van der Waals surface area (Å²) < 4.78 is 1.83. The van der Waals surface area contributed by atoms with E-state index in [1.54, 1.807) is 29.4 Å². The lowest BCUT2D eigenvalue weighted by atomic mass is 9.94. The molecule has 35 heavy (non-hydrogen) atoms. The third-order valence-corrected chi connectivity index (χ3v) is 6.79. The van der Waals surface area contributed by atoms with E-state index < -0.39 is 0 Å². The number of anilines is 1. The zero-order chi connectivity index (χ0) is 24.1. The molecule has 1 aliphatic carbocycles. The molecule has 170 valence electrons. The highest BCUT2D eigenvalue weighted by atomic mass is 16.2. The van der Waals surface area contributed by atoms with E-state index in [2.05, 4.69) is 28.4 Å². The van der Waals surface area contributed by atoms with Crippen LogP contribution in [0.25, 0.3) is 22.5 Å². The van der Waals surface area contributed by atoms with Gasteiger partial charge in [-0.2, -0.15) is 5.26 Å². The third kappa shape index (κ3) is 3.60. The molecule has 0 unspecified atom stereocenters. The number of benzene rings is 3. The van der Waals surface area contributed by atoms with Gasteiger partial charge in [-0.3, -0.25) is 9.59 Å². The number of hydrogen-bond acceptors (Lipinski definition) is 5. The number of aldehydes is 1. The van der Waals surface area contributed by atoms with Crippen LogP contribution in [0, 0.1) is 11.3 Å². The second-order valence-electron chi connectivity index (χ2n) is 9.15. The van der Waals surface area contributed by atoms with E-state index in [4.69, 9.17) is 0 Å². The standard InChI is InChI=1S/C28H21N5O2/c1-32-16-30-31-27(32)26-8-17(13-29)3-7-24(26)22-10-21(19-5-6-19)11-23(12-22)33-14-20-4-2-18(15-34)9-25(20)28(33)35/h2-4,7-12,15-16,19H,5-6,14H2,1H3. The van der Waals surface area contributed by atoms with Crippen molar-refractivity contribution in [2.24, 2.45) is 7.05 Å². The Labute approximate surface area is 202 Å². The molecule has 0 N–H and O–H groups in total. The highest BCUT2D eigenvalue weighted by molar-refractivity contribution is 6.11. The van der Waals surface area contributed by atoms with Crippen LogP contribution in [-0.2, 0) is 13.6 Å². The molecule has 2 aliphatic rings. The lowest BCUT2D eigenvalue weighted by Gasteiger charge is -2.20. The van der Waals surface area contributed by atoms with Crippen LogP contribution in [0.15, 0.2) is 60.9 Å². The molecule has 2 heterocycles. The predicted molar refractivity (Wildman–Crippen MR) is 131 cm³/mol. The van der Waals surface area contributed by atoms with Gasteiger partial charge in [-0.15, -0.1) is 10.2 Å². The Hall–Kier alpha value is -4.57. The summed E-state index contributed by atoms with van der Waals surface area (Å²) in [5.74, 6) is 1.05. The number of hydrogen-bond donors (Lipinski definition) is 0. The number of fused-ring (bicyclic) bond motifs is 1. The Kier molecular flexibility index (Phi) is 4.82. The van der Waals surface area contributed by atoms with Gasteiger partial charge in [0, 0.05) is 29.4 Å². The summed E-state index contributed by atoms with van der Waals surface area (Å²) in [5, 5.41) is 17.8. The molecule has 1 saturated carbocycles. The monoisotopic (exact) mass is 459 g/mol. The summed E-state index contributed by atoms with van der Waals surface area (Å²) in [6, 6.07) is 19.4. The van der Waals surface area contributed by atoms with Crippen LogP contribution < -0.4 is 4.90 Å². The van der Waals surface area contributed by atoms with Gasteiger partial charge in [0.15, 0.2) is 5.82 Å². The SMILES string of the molecule is Cn1cnnc1-c1cc(C#N)ccc1-c1cc(C2CC2)cc(N2Cc3ccc(C=O)cc3C2=O)c1. The molecule has 4 aromatic rings. The Morgan fingerprint density at radius 1 is 1.03 bits per heavy atom. The van der Waals surface area contributed by atoms with Crippen molar-refractivity contribution in [1.29, 1.82) is 5.26 Å². The smallest absolute Gasteiger partial charge is 0.258 e. The Balaban J connectivity index is 1.49. The predicted octanol–water partition coefficient (Wildman–Crippen LogP) is 4.87. The second-order valence-corrected chi connectivity index (χ2v) is 9.15. The molecule has 1 aliphatic heterocycles. The summed E-state index contributed by atoms with van der Waals surface area (Å²) in [4.78, 5) is 26.4. The molecule has 7 heteroatoms. The molecule has 0 bridgehead atoms. The van der Waals surface area contributed by atoms with E-state index in [0.717, 1.165) is 47.1 Å². The number of aryl methyl sites for hydroxylation is 1. The van der Waals surface area contributed by atoms with Gasteiger partial charge in [-0.1, -0.05) is 24.3 Å². The zero-order valence-electron chi connectivity index (χ0n) is 19.1. The van der Waals surface area contributed by atoms with Crippen molar-refractivity contribution >= 4 is 17.9 Å². The van der Waals surface area contributed by atoms with Crippen LogP contribution in [0.2, 0.25) is 0 Å². The minimum Gasteiger partial charge on any atom is -0.317 e. The lowest BCUT2D eigenvalue weighted by Crippen LogP contribution is -2.23. The first-order chi connectivity index (χ1) is 17.1. The van der Waals surface area contributed by atoms with E-state index in [0.29, 0.717) is 35.0 Å². The van der Waals surface area contributed by atoms with Crippen molar-refractivity contribution in [3.8, 4) is 28.6 Å². The average molecular weight is 460 g/mol. The molecule has 7 nitrogen and oxygen atoms in total. The molecule has 1 amide bonds. The van der Waals surface area contributed by atoms with Crippen LogP contribution in [0.3, 0.4) is 0 Å². The summed E-state index contributed by atoms with van der Waals surface area (Å²) in [6.45, 7) is 0.463. The number of carbonyl (C=O) groups is 2. The summed E-state index contributed by atoms with van der Waals surface area (Å²) in [6.07, 6.45) is 4.66. The van der Waals surface area contributed by atoms with E-state index in [-0.39, 0.29) is 5.91 Å². The maximum atomic E-state index is 13.3. The van der Waals surface area contributed by atoms with Gasteiger partial charge < -0.3 is 9.47 Å². The fourth-order valence-electron chi connectivity index (χ4n) is 4.78. The molecular weight excluding hydrogens is 438 g/mol. The summed E-state index contributed by atoms with van der Waals surface area (Å²) in [5.41, 5.74) is 7.26. The van der Waals surface area contributed by atoms with Gasteiger partial charge >= 0.3 is 0 Å². The topological polar surface area (TPSA) is 91.9 Å². The van der Waals surface area contributed by atoms with Crippen molar-refractivity contribution in [3.63, 3.8) is 0 Å². The van der Waals surface area contributed by atoms with Crippen molar-refractivity contribution in [2.45, 2.75) is 25.3 Å². The Bertz CT molecular complexity index is 1560. The minimum absolute atomic E-state index is 0.101. The van der Waals surface area contributed by atoms with Crippen molar-refractivity contribution in [3.05, 3.63) is 88.7 Å². The molecule has 3 aromatic carbocycles. The fourth-order valence-corrected chi connectivity index (χ4v) is 4.78. The van der Waals surface area contributed by atoms with Crippen molar-refractivity contribution in [1.82, 2.24) is 14.8 Å². The molecule has 0 spiro atoms. The first-order valence-corrected chi connectivity index (χ1v) is 11.5. The minimum atomic E-state index is -0.101. The average Bonchev–Trinajstić information content (AvgIpc) is 3.58. The lowest BCUT2D eigenvalue weighted by molar-refractivity contribution is 0.0996. The molecular formula is C28H21N5O2. The van der Waals surface area contributed by atoms with E-state index in [9.17, 15) is 14.9 Å². The number of amides is 1. The highest BCUT2D eigenvalue weighted by Crippen LogP contribution is 2.44. The Morgan fingerprint density at radius 3 is 2.60 bits per heavy atom. The van der Waals surface area contributed by atoms with Gasteiger partial charge in [0.05, 0.1) is 18.2 Å². The first kappa shape index (κ1) is 21.0. The Morgan fingerprint density at radius 2 is 1.89 bits per heavy atom. The molecule has 6 rings (SSSR count). The first-order valence-electron chi connectivity index (χ1n) is 11.5. The fraction of sp³-hybridized carbons (Fsp3) is 0.179. The van der Waals surface area contributed by atoms with Crippen LogP contribution in [0.1, 0.15) is 56.2 Å². The number of aromatic nitrogens is 3. The maximum absolute atomic E-state index is 13.3. The van der Waals surface area contributed by atoms with Crippen LogP contribution >= 0.6 is 0 Å². The number of carbonyl (C=O) groups excluding carboxylic acids is 2. The molecule has 0 atom stereocenters. The number of nitriles is 1. The second kappa shape index (κ2) is 8.03. The largest absolute Gasteiger partial charge is 0.317 e. The quantitative estimate of drug-likeness (QED) is 0.397. The van der Waals surface area contributed by atoms with Gasteiger partial charge in [0.2, 0.25) is 0 Å². The van der Waals surface area contributed by atoms with Crippen LogP contribution in [0.4, 0.5) is 5.69 Å². The highest BCUT2D eigenvalue weighted by Gasteiger charge is 2.31. The van der Waals surface area contributed by atoms with E-state index in [1.807, 2.05) is 35.9 Å². The summed E-state index contributed by atoms with van der Waals surface area (Å²) in [7, 11) is 1.87. The third-order valence-electron chi connectivity index (χ3n) is 6.79. The van der Waals surface area contributed by atoms with Gasteiger partial charge in [-0.05, 0) is 71.3 Å². The number of rotatable bonds is 5. The molecule has 1 aromatic heterocycles. The van der Waals surface area contributed by atoms with Crippen molar-refractivity contribution < 1.29 is 9.59 Å². The van der Waals surface area contributed by atoms with Gasteiger partial charge in [-0.25, -0.2) is 0 Å². The van der Waals surface area contributed by atoms with Gasteiger partial charge in [0.25, 0.3) is 5.91 Å². The van der Waals surface area contributed by atoms with Crippen LogP contribution in [-0.4, -0.2) is 27.0 Å². The van der Waals surface area contributed by atoms with Gasteiger partial charge in [0.1, 0.15) is 12.6 Å². The summed E-state index contributed by atoms with van der Waals surface area (Å²) >= 11 is 0. The normalized spacial score (nSPS) is 14.6. The molecule has 1 fully saturated rings. The van der Waals surface area contributed by atoms with E-state index in [1.165, 1.54) is 5.56 Å². The number of nitrogens with zero attached hydrogens (tertiary/aromatic N) is 5. The maximum Gasteiger partial charge on any atom is 0.258 e. The van der Waals surface area contributed by atoms with E-state index >= 15 is 0 Å². The van der Waals surface area contributed by atoms with Crippen LogP contribution in [0.5, 0.6) is 0 Å². The van der Waals surface area contributed by atoms with Crippen molar-refractivity contribution in [2.75, 3.05) is 4.90 Å². The molecule has 0 saturated heterocycles. The zero-order valence-corrected chi connectivity index (χ0v) is 19.1. The molecule has 0 radical (unpaired) electrons.